The first-order chi connectivity index (χ1) is 8.70. The average molecular weight is 246 g/mol. The molecule has 1 aromatic rings. The van der Waals surface area contributed by atoms with Gasteiger partial charge in [0.1, 0.15) is 5.82 Å². The number of carbonyl (C=O) groups is 1. The van der Waals surface area contributed by atoms with E-state index in [1.54, 1.807) is 19.2 Å². The lowest BCUT2D eigenvalue weighted by molar-refractivity contribution is 0.101. The first kappa shape index (κ1) is 13.1. The van der Waals surface area contributed by atoms with Crippen LogP contribution >= 0.6 is 0 Å². The summed E-state index contributed by atoms with van der Waals surface area (Å²) in [5.74, 6) is 1.94. The molecule has 1 aliphatic rings. The topological polar surface area (TPSA) is 33.2 Å². The fourth-order valence-electron chi connectivity index (χ4n) is 2.67. The van der Waals surface area contributed by atoms with E-state index in [2.05, 4.69) is 16.8 Å². The van der Waals surface area contributed by atoms with Crippen LogP contribution in [0.15, 0.2) is 18.3 Å². The Balaban J connectivity index is 2.01. The molecule has 3 nitrogen and oxygen atoms in total. The minimum absolute atomic E-state index is 0.111. The van der Waals surface area contributed by atoms with Gasteiger partial charge in [0, 0.05) is 24.8 Å². The van der Waals surface area contributed by atoms with Gasteiger partial charge >= 0.3 is 0 Å². The zero-order valence-electron chi connectivity index (χ0n) is 11.4. The van der Waals surface area contributed by atoms with Gasteiger partial charge in [-0.2, -0.15) is 0 Å². The van der Waals surface area contributed by atoms with Crippen LogP contribution in [0.25, 0.3) is 0 Å². The predicted molar refractivity (Wildman–Crippen MR) is 74.1 cm³/mol. The summed E-state index contributed by atoms with van der Waals surface area (Å²) in [6, 6.07) is 3.71. The van der Waals surface area contributed by atoms with Crippen molar-refractivity contribution < 1.29 is 4.79 Å². The molecule has 0 N–H and O–H groups in total. The van der Waals surface area contributed by atoms with Crippen molar-refractivity contribution in [2.45, 2.75) is 39.5 Å². The first-order valence-electron chi connectivity index (χ1n) is 6.92. The predicted octanol–water partition coefficient (Wildman–Crippen LogP) is 3.30. The Morgan fingerprint density at radius 1 is 1.44 bits per heavy atom. The number of piperidine rings is 1. The number of pyridine rings is 1. The Morgan fingerprint density at radius 3 is 2.78 bits per heavy atom. The van der Waals surface area contributed by atoms with Crippen molar-refractivity contribution in [1.82, 2.24) is 4.98 Å². The molecule has 0 amide bonds. The summed E-state index contributed by atoms with van der Waals surface area (Å²) in [7, 11) is 0. The third-order valence-corrected chi connectivity index (χ3v) is 3.79. The van der Waals surface area contributed by atoms with Gasteiger partial charge in [0.25, 0.3) is 0 Å². The second-order valence-electron chi connectivity index (χ2n) is 5.18. The SMILES string of the molecule is CCCC1CCN(c2cc(C(C)=O)ccn2)CC1. The summed E-state index contributed by atoms with van der Waals surface area (Å²) in [6.07, 6.45) is 6.86. The van der Waals surface area contributed by atoms with Crippen LogP contribution in [0.3, 0.4) is 0 Å². The molecule has 2 heterocycles. The number of hydrogen-bond donors (Lipinski definition) is 0. The number of hydrogen-bond acceptors (Lipinski definition) is 3. The van der Waals surface area contributed by atoms with Crippen LogP contribution in [0.5, 0.6) is 0 Å². The molecule has 98 valence electrons. The van der Waals surface area contributed by atoms with Gasteiger partial charge in [-0.3, -0.25) is 4.79 Å². The van der Waals surface area contributed by atoms with E-state index in [9.17, 15) is 4.79 Å². The number of nitrogens with zero attached hydrogens (tertiary/aromatic N) is 2. The van der Waals surface area contributed by atoms with Crippen molar-refractivity contribution in [1.29, 1.82) is 0 Å². The largest absolute Gasteiger partial charge is 0.357 e. The fraction of sp³-hybridized carbons (Fsp3) is 0.600. The summed E-state index contributed by atoms with van der Waals surface area (Å²) in [5.41, 5.74) is 0.760. The lowest BCUT2D eigenvalue weighted by Gasteiger charge is -2.32. The van der Waals surface area contributed by atoms with Crippen molar-refractivity contribution in [2.75, 3.05) is 18.0 Å². The van der Waals surface area contributed by atoms with E-state index >= 15 is 0 Å². The molecule has 0 atom stereocenters. The summed E-state index contributed by atoms with van der Waals surface area (Å²) in [4.78, 5) is 18.1. The van der Waals surface area contributed by atoms with Crippen LogP contribution in [-0.4, -0.2) is 23.9 Å². The highest BCUT2D eigenvalue weighted by Gasteiger charge is 2.19. The van der Waals surface area contributed by atoms with E-state index in [4.69, 9.17) is 0 Å². The van der Waals surface area contributed by atoms with Crippen molar-refractivity contribution in [3.05, 3.63) is 23.9 Å². The van der Waals surface area contributed by atoms with Crippen molar-refractivity contribution in [3.8, 4) is 0 Å². The third kappa shape index (κ3) is 3.09. The van der Waals surface area contributed by atoms with E-state index in [1.807, 2.05) is 6.07 Å². The summed E-state index contributed by atoms with van der Waals surface area (Å²) in [5, 5.41) is 0. The molecule has 0 saturated carbocycles. The molecule has 1 saturated heterocycles. The summed E-state index contributed by atoms with van der Waals surface area (Å²) >= 11 is 0. The first-order valence-corrected chi connectivity index (χ1v) is 6.92. The van der Waals surface area contributed by atoms with Gasteiger partial charge in [-0.25, -0.2) is 4.98 Å². The maximum Gasteiger partial charge on any atom is 0.159 e. The molecule has 0 aliphatic carbocycles. The second kappa shape index (κ2) is 5.98. The summed E-state index contributed by atoms with van der Waals surface area (Å²) < 4.78 is 0. The third-order valence-electron chi connectivity index (χ3n) is 3.79. The van der Waals surface area contributed by atoms with E-state index in [-0.39, 0.29) is 5.78 Å². The minimum Gasteiger partial charge on any atom is -0.357 e. The molecule has 18 heavy (non-hydrogen) atoms. The Hall–Kier alpha value is -1.38. The van der Waals surface area contributed by atoms with E-state index < -0.39 is 0 Å². The normalized spacial score (nSPS) is 16.9. The van der Waals surface area contributed by atoms with Gasteiger partial charge in [0.2, 0.25) is 0 Å². The summed E-state index contributed by atoms with van der Waals surface area (Å²) in [6.45, 7) is 5.99. The molecule has 1 fully saturated rings. The molecule has 3 heteroatoms. The van der Waals surface area contributed by atoms with Crippen molar-refractivity contribution in [3.63, 3.8) is 0 Å². The van der Waals surface area contributed by atoms with Crippen LogP contribution in [0.4, 0.5) is 5.82 Å². The highest BCUT2D eigenvalue weighted by Crippen LogP contribution is 2.25. The molecular weight excluding hydrogens is 224 g/mol. The van der Waals surface area contributed by atoms with E-state index in [1.165, 1.54) is 25.7 Å². The van der Waals surface area contributed by atoms with Gasteiger partial charge in [-0.1, -0.05) is 19.8 Å². The van der Waals surface area contributed by atoms with Crippen LogP contribution in [0.1, 0.15) is 49.9 Å². The van der Waals surface area contributed by atoms with Gasteiger partial charge in [0.15, 0.2) is 5.78 Å². The highest BCUT2D eigenvalue weighted by atomic mass is 16.1. The van der Waals surface area contributed by atoms with Crippen LogP contribution in [0, 0.1) is 5.92 Å². The Labute approximate surface area is 109 Å². The Kier molecular flexibility index (Phi) is 4.34. The highest BCUT2D eigenvalue weighted by molar-refractivity contribution is 5.94. The molecular formula is C15H22N2O. The number of anilines is 1. The van der Waals surface area contributed by atoms with E-state index in [0.29, 0.717) is 0 Å². The Bertz CT molecular complexity index is 409. The van der Waals surface area contributed by atoms with Gasteiger partial charge in [-0.15, -0.1) is 0 Å². The second-order valence-corrected chi connectivity index (χ2v) is 5.18. The molecule has 0 spiro atoms. The molecule has 2 rings (SSSR count). The Morgan fingerprint density at radius 2 is 2.17 bits per heavy atom. The fourth-order valence-corrected chi connectivity index (χ4v) is 2.67. The van der Waals surface area contributed by atoms with Gasteiger partial charge in [0.05, 0.1) is 0 Å². The van der Waals surface area contributed by atoms with Crippen LogP contribution in [-0.2, 0) is 0 Å². The average Bonchev–Trinajstić information content (AvgIpc) is 2.40. The van der Waals surface area contributed by atoms with Crippen molar-refractivity contribution in [2.24, 2.45) is 5.92 Å². The number of Topliss-reactive ketones (excluding diaryl/α,β-unsaturated/α-hetero) is 1. The molecule has 0 bridgehead atoms. The number of carbonyl (C=O) groups excluding carboxylic acids is 1. The number of ketones is 1. The van der Waals surface area contributed by atoms with Crippen molar-refractivity contribution >= 4 is 11.6 Å². The molecule has 0 radical (unpaired) electrons. The maximum absolute atomic E-state index is 11.4. The smallest absolute Gasteiger partial charge is 0.159 e. The van der Waals surface area contributed by atoms with Gasteiger partial charge in [-0.05, 0) is 37.8 Å². The lowest BCUT2D eigenvalue weighted by Crippen LogP contribution is -2.34. The zero-order chi connectivity index (χ0) is 13.0. The minimum atomic E-state index is 0.111. The number of rotatable bonds is 4. The maximum atomic E-state index is 11.4. The molecule has 1 aromatic heterocycles. The number of aromatic nitrogens is 1. The molecule has 0 unspecified atom stereocenters. The standard InChI is InChI=1S/C15H22N2O/c1-3-4-13-6-9-17(10-7-13)15-11-14(12(2)18)5-8-16-15/h5,8,11,13H,3-4,6-7,9-10H2,1-2H3. The quantitative estimate of drug-likeness (QED) is 0.764. The zero-order valence-corrected chi connectivity index (χ0v) is 11.4. The monoisotopic (exact) mass is 246 g/mol. The van der Waals surface area contributed by atoms with E-state index in [0.717, 1.165) is 30.4 Å². The van der Waals surface area contributed by atoms with Gasteiger partial charge < -0.3 is 4.90 Å². The van der Waals surface area contributed by atoms with Crippen LogP contribution in [0.2, 0.25) is 0 Å². The molecule has 1 aliphatic heterocycles. The van der Waals surface area contributed by atoms with Crippen LogP contribution < -0.4 is 4.90 Å². The molecule has 0 aromatic carbocycles. The lowest BCUT2D eigenvalue weighted by atomic mass is 9.92.